The first-order valence-electron chi connectivity index (χ1n) is 12.9. The van der Waals surface area contributed by atoms with E-state index in [9.17, 15) is 4.79 Å². The van der Waals surface area contributed by atoms with Crippen LogP contribution in [0.4, 0.5) is 5.82 Å². The first-order chi connectivity index (χ1) is 18.7. The second kappa shape index (κ2) is 11.2. The second-order valence-corrected chi connectivity index (χ2v) is 11.0. The molecule has 0 bridgehead atoms. The van der Waals surface area contributed by atoms with Crippen molar-refractivity contribution in [2.45, 2.75) is 39.8 Å². The van der Waals surface area contributed by atoms with Gasteiger partial charge in [-0.1, -0.05) is 25.6 Å². The fourth-order valence-corrected chi connectivity index (χ4v) is 5.40. The summed E-state index contributed by atoms with van der Waals surface area (Å²) in [5, 5.41) is 5.71. The highest BCUT2D eigenvalue weighted by atomic mass is 79.9. The topological polar surface area (TPSA) is 115 Å². The van der Waals surface area contributed by atoms with E-state index in [1.54, 1.807) is 4.68 Å². The van der Waals surface area contributed by atoms with E-state index in [4.69, 9.17) is 10.8 Å². The number of carbonyl (C=O) groups is 1. The maximum absolute atomic E-state index is 13.3. The molecule has 2 N–H and O–H groups in total. The number of aromatic nitrogens is 5. The largest absolute Gasteiger partial charge is 0.386 e. The lowest BCUT2D eigenvalue weighted by Crippen LogP contribution is -2.43. The summed E-state index contributed by atoms with van der Waals surface area (Å²) in [7, 11) is 0. The van der Waals surface area contributed by atoms with Crippen molar-refractivity contribution in [3.05, 3.63) is 71.5 Å². The fraction of sp³-hybridized carbons (Fsp3) is 0.310. The molecule has 4 heterocycles. The van der Waals surface area contributed by atoms with Crippen LogP contribution >= 0.6 is 15.9 Å². The van der Waals surface area contributed by atoms with E-state index in [1.807, 2.05) is 56.6 Å². The lowest BCUT2D eigenvalue weighted by Gasteiger charge is -2.23. The summed E-state index contributed by atoms with van der Waals surface area (Å²) in [5.41, 5.74) is 10.8. The first-order valence-corrected chi connectivity index (χ1v) is 13.6. The van der Waals surface area contributed by atoms with Crippen LogP contribution in [0, 0.1) is 12.8 Å². The van der Waals surface area contributed by atoms with Crippen LogP contribution in [0.3, 0.4) is 0 Å². The number of allylic oxidation sites excluding steroid dienone is 1. The van der Waals surface area contributed by atoms with Gasteiger partial charge in [0.25, 0.3) is 0 Å². The van der Waals surface area contributed by atoms with E-state index in [1.165, 1.54) is 0 Å². The molecular weight excluding hydrogens is 556 g/mol. The zero-order valence-corrected chi connectivity index (χ0v) is 23.9. The molecule has 0 amide bonds. The Morgan fingerprint density at radius 1 is 1.18 bits per heavy atom. The van der Waals surface area contributed by atoms with Crippen LogP contribution < -0.4 is 5.73 Å². The number of pyridine rings is 1. The number of rotatable bonds is 8. The molecule has 1 saturated heterocycles. The third-order valence-electron chi connectivity index (χ3n) is 6.87. The van der Waals surface area contributed by atoms with E-state index in [-0.39, 0.29) is 24.9 Å². The number of carbonyl (C=O) groups excluding carboxylic acids is 1. The molecule has 39 heavy (non-hydrogen) atoms. The fourth-order valence-electron chi connectivity index (χ4n) is 5.06. The van der Waals surface area contributed by atoms with Gasteiger partial charge >= 0.3 is 0 Å². The second-order valence-electron chi connectivity index (χ2n) is 10.2. The minimum atomic E-state index is -0.121. The Bertz CT molecular complexity index is 1580. The van der Waals surface area contributed by atoms with Crippen molar-refractivity contribution >= 4 is 49.8 Å². The van der Waals surface area contributed by atoms with Gasteiger partial charge in [-0.2, -0.15) is 5.10 Å². The maximum atomic E-state index is 13.3. The molecule has 5 rings (SSSR count). The van der Waals surface area contributed by atoms with Crippen LogP contribution in [0.1, 0.15) is 31.8 Å². The number of benzene rings is 1. The number of likely N-dealkylation sites (tertiary alicyclic amines) is 1. The van der Waals surface area contributed by atoms with Crippen molar-refractivity contribution in [1.82, 2.24) is 29.6 Å². The molecule has 0 radical (unpaired) electrons. The molecule has 0 saturated carbocycles. The van der Waals surface area contributed by atoms with Gasteiger partial charge in [-0.15, -0.1) is 0 Å². The smallest absolute Gasteiger partial charge is 0.168 e. The van der Waals surface area contributed by atoms with E-state index in [0.29, 0.717) is 22.2 Å². The molecule has 0 unspecified atom stereocenters. The van der Waals surface area contributed by atoms with E-state index < -0.39 is 0 Å². The zero-order chi connectivity index (χ0) is 27.7. The number of hydrogen-bond donors (Lipinski definition) is 1. The number of aryl methyl sites for hydroxylation is 1. The molecule has 0 spiro atoms. The maximum Gasteiger partial charge on any atom is 0.168 e. The SMILES string of the molecule is C=C(C)c1nn(CC(=O)CN2C[C@H](C)C[C@H]2C(N)=Nc2cccc(Br)n2)c2ccc(-c3cnc(C)nc3)cc12. The minimum Gasteiger partial charge on any atom is -0.386 e. The Labute approximate surface area is 236 Å². The molecule has 1 aliphatic heterocycles. The number of aliphatic imine (C=N–C) groups is 1. The standard InChI is InChI=1S/C29H31BrN8O/c1-17(2)28-23-11-20(21-12-32-19(4)33-13-21)8-9-24(23)38(36-28)16-22(39)15-37-14-18(3)10-25(37)29(31)35-27-7-5-6-26(30)34-27/h5-9,11-13,18,25H,1,10,14-16H2,2-4H3,(H2,31,34,35)/t18-,25+/m1/s1. The van der Waals surface area contributed by atoms with Crippen molar-refractivity contribution < 1.29 is 4.79 Å². The number of Topliss-reactive ketones (excluding diaryl/α,β-unsaturated/α-hetero) is 1. The van der Waals surface area contributed by atoms with Crippen LogP contribution in [-0.4, -0.2) is 60.4 Å². The third kappa shape index (κ3) is 5.97. The molecule has 200 valence electrons. The van der Waals surface area contributed by atoms with Crippen molar-refractivity contribution in [1.29, 1.82) is 0 Å². The summed E-state index contributed by atoms with van der Waals surface area (Å²) in [4.78, 5) is 33.0. The Hall–Kier alpha value is -3.76. The van der Waals surface area contributed by atoms with E-state index >= 15 is 0 Å². The third-order valence-corrected chi connectivity index (χ3v) is 7.31. The monoisotopic (exact) mass is 586 g/mol. The van der Waals surface area contributed by atoms with Crippen molar-refractivity contribution in [2.75, 3.05) is 13.1 Å². The average molecular weight is 588 g/mol. The van der Waals surface area contributed by atoms with Gasteiger partial charge in [0.1, 0.15) is 22.8 Å². The molecule has 1 fully saturated rings. The molecule has 2 atom stereocenters. The van der Waals surface area contributed by atoms with Gasteiger partial charge in [-0.3, -0.25) is 14.4 Å². The molecule has 4 aromatic rings. The van der Waals surface area contributed by atoms with Gasteiger partial charge in [0, 0.05) is 29.9 Å². The van der Waals surface area contributed by atoms with Gasteiger partial charge < -0.3 is 5.73 Å². The van der Waals surface area contributed by atoms with Crippen LogP contribution in [0.15, 0.2) is 65.0 Å². The number of nitrogens with zero attached hydrogens (tertiary/aromatic N) is 7. The quantitative estimate of drug-likeness (QED) is 0.176. The van der Waals surface area contributed by atoms with Gasteiger partial charge in [0.15, 0.2) is 11.6 Å². The molecular formula is C29H31BrN8O. The predicted octanol–water partition coefficient (Wildman–Crippen LogP) is 4.96. The lowest BCUT2D eigenvalue weighted by atomic mass is 10.0. The molecule has 1 aromatic carbocycles. The average Bonchev–Trinajstić information content (AvgIpc) is 3.44. The van der Waals surface area contributed by atoms with Gasteiger partial charge in [0.2, 0.25) is 0 Å². The van der Waals surface area contributed by atoms with Crippen LogP contribution in [0.25, 0.3) is 27.6 Å². The molecule has 10 heteroatoms. The molecule has 3 aromatic heterocycles. The lowest BCUT2D eigenvalue weighted by molar-refractivity contribution is -0.120. The van der Waals surface area contributed by atoms with Gasteiger partial charge in [0.05, 0.1) is 23.8 Å². The highest BCUT2D eigenvalue weighted by molar-refractivity contribution is 9.10. The summed E-state index contributed by atoms with van der Waals surface area (Å²) in [6.07, 6.45) is 4.46. The Kier molecular flexibility index (Phi) is 7.67. The zero-order valence-electron chi connectivity index (χ0n) is 22.3. The Morgan fingerprint density at radius 2 is 1.95 bits per heavy atom. The summed E-state index contributed by atoms with van der Waals surface area (Å²) in [6, 6.07) is 11.5. The highest BCUT2D eigenvalue weighted by Gasteiger charge is 2.33. The van der Waals surface area contributed by atoms with Crippen molar-refractivity contribution in [3.63, 3.8) is 0 Å². The van der Waals surface area contributed by atoms with E-state index in [2.05, 4.69) is 60.3 Å². The number of nitrogens with two attached hydrogens (primary N) is 1. The number of amidine groups is 1. The van der Waals surface area contributed by atoms with Crippen LogP contribution in [-0.2, 0) is 11.3 Å². The molecule has 0 aliphatic carbocycles. The number of fused-ring (bicyclic) bond motifs is 1. The number of hydrogen-bond acceptors (Lipinski definition) is 7. The Balaban J connectivity index is 1.37. The normalized spacial score (nSPS) is 18.1. The predicted molar refractivity (Wildman–Crippen MR) is 158 cm³/mol. The summed E-state index contributed by atoms with van der Waals surface area (Å²) in [6.45, 7) is 11.3. The van der Waals surface area contributed by atoms with Gasteiger partial charge in [-0.05, 0) is 77.5 Å². The Morgan fingerprint density at radius 3 is 2.67 bits per heavy atom. The summed E-state index contributed by atoms with van der Waals surface area (Å²) < 4.78 is 2.47. The van der Waals surface area contributed by atoms with Crippen molar-refractivity contribution in [2.24, 2.45) is 16.6 Å². The van der Waals surface area contributed by atoms with Crippen LogP contribution in [0.2, 0.25) is 0 Å². The molecule has 1 aliphatic rings. The van der Waals surface area contributed by atoms with E-state index in [0.717, 1.165) is 52.1 Å². The minimum absolute atomic E-state index is 0.0520. The van der Waals surface area contributed by atoms with Crippen molar-refractivity contribution in [3.8, 4) is 11.1 Å². The molecule has 9 nitrogen and oxygen atoms in total. The first kappa shape index (κ1) is 26.8. The van der Waals surface area contributed by atoms with Crippen LogP contribution in [0.5, 0.6) is 0 Å². The summed E-state index contributed by atoms with van der Waals surface area (Å²) >= 11 is 3.37. The number of ketones is 1. The highest BCUT2D eigenvalue weighted by Crippen LogP contribution is 2.29. The number of halogens is 1. The summed E-state index contributed by atoms with van der Waals surface area (Å²) in [5.74, 6) is 2.19. The van der Waals surface area contributed by atoms with Gasteiger partial charge in [-0.25, -0.2) is 19.9 Å².